The normalized spacial score (nSPS) is 14.8. The van der Waals surface area contributed by atoms with Crippen molar-refractivity contribution >= 4 is 11.3 Å². The molecule has 2 nitrogen and oxygen atoms in total. The molecule has 1 heterocycles. The van der Waals surface area contributed by atoms with Crippen LogP contribution in [0, 0.1) is 17.8 Å². The fraction of sp³-hybridized carbons (Fsp3) is 0.571. The molecule has 0 bridgehead atoms. The van der Waals surface area contributed by atoms with Crippen LogP contribution in [0.25, 0.3) is 0 Å². The zero-order valence-corrected chi connectivity index (χ0v) is 11.1. The van der Waals surface area contributed by atoms with Gasteiger partial charge in [0, 0.05) is 18.0 Å². The molecule has 92 valence electrons. The Morgan fingerprint density at radius 2 is 2.29 bits per heavy atom. The Morgan fingerprint density at radius 1 is 1.47 bits per heavy atom. The predicted octanol–water partition coefficient (Wildman–Crippen LogP) is 2.32. The van der Waals surface area contributed by atoms with Crippen LogP contribution in [-0.4, -0.2) is 29.7 Å². The van der Waals surface area contributed by atoms with Crippen LogP contribution in [0.15, 0.2) is 12.1 Å². The number of rotatable bonds is 5. The SMILES string of the molecule is CCN(Cc1ccc(C#CCO)s1)CC1CC1. The Hall–Kier alpha value is -0.820. The minimum absolute atomic E-state index is 0.0595. The number of hydrogen-bond donors (Lipinski definition) is 1. The van der Waals surface area contributed by atoms with E-state index in [1.165, 1.54) is 24.3 Å². The fourth-order valence-corrected chi connectivity index (χ4v) is 2.77. The molecule has 17 heavy (non-hydrogen) atoms. The van der Waals surface area contributed by atoms with Crippen LogP contribution in [0.3, 0.4) is 0 Å². The van der Waals surface area contributed by atoms with Gasteiger partial charge in [-0.1, -0.05) is 18.8 Å². The maximum atomic E-state index is 8.65. The molecular weight excluding hydrogens is 230 g/mol. The third kappa shape index (κ3) is 4.16. The van der Waals surface area contributed by atoms with E-state index in [1.54, 1.807) is 11.3 Å². The van der Waals surface area contributed by atoms with Crippen LogP contribution in [0.2, 0.25) is 0 Å². The first-order valence-electron chi connectivity index (χ1n) is 6.22. The Balaban J connectivity index is 1.89. The quantitative estimate of drug-likeness (QED) is 0.810. The van der Waals surface area contributed by atoms with Crippen molar-refractivity contribution in [2.24, 2.45) is 5.92 Å². The monoisotopic (exact) mass is 249 g/mol. The summed E-state index contributed by atoms with van der Waals surface area (Å²) in [7, 11) is 0. The molecule has 3 heteroatoms. The van der Waals surface area contributed by atoms with E-state index >= 15 is 0 Å². The van der Waals surface area contributed by atoms with E-state index in [2.05, 4.69) is 29.7 Å². The van der Waals surface area contributed by atoms with Gasteiger partial charge in [-0.2, -0.15) is 0 Å². The van der Waals surface area contributed by atoms with E-state index in [1.807, 2.05) is 6.07 Å². The van der Waals surface area contributed by atoms with Crippen molar-refractivity contribution in [2.75, 3.05) is 19.7 Å². The van der Waals surface area contributed by atoms with Gasteiger partial charge in [-0.25, -0.2) is 0 Å². The molecule has 1 aliphatic carbocycles. The van der Waals surface area contributed by atoms with Gasteiger partial charge < -0.3 is 5.11 Å². The van der Waals surface area contributed by atoms with Gasteiger partial charge in [-0.05, 0) is 37.4 Å². The molecule has 1 aromatic heterocycles. The smallest absolute Gasteiger partial charge is 0.104 e. The Kier molecular flexibility index (Phi) is 4.61. The highest BCUT2D eigenvalue weighted by molar-refractivity contribution is 7.12. The second-order valence-corrected chi connectivity index (χ2v) is 5.67. The zero-order chi connectivity index (χ0) is 12.1. The lowest BCUT2D eigenvalue weighted by Crippen LogP contribution is -2.24. The lowest BCUT2D eigenvalue weighted by Gasteiger charge is -2.18. The zero-order valence-electron chi connectivity index (χ0n) is 10.3. The number of hydrogen-bond acceptors (Lipinski definition) is 3. The summed E-state index contributed by atoms with van der Waals surface area (Å²) in [6, 6.07) is 4.20. The highest BCUT2D eigenvalue weighted by Gasteiger charge is 2.23. The second kappa shape index (κ2) is 6.20. The van der Waals surface area contributed by atoms with Crippen molar-refractivity contribution in [1.29, 1.82) is 0 Å². The molecule has 1 aromatic rings. The molecular formula is C14H19NOS. The van der Waals surface area contributed by atoms with Gasteiger partial charge in [0.2, 0.25) is 0 Å². The molecule has 1 saturated carbocycles. The first-order chi connectivity index (χ1) is 8.31. The van der Waals surface area contributed by atoms with Gasteiger partial charge in [-0.15, -0.1) is 11.3 Å². The fourth-order valence-electron chi connectivity index (χ4n) is 1.85. The molecule has 1 aliphatic rings. The average Bonchev–Trinajstić information content (AvgIpc) is 3.04. The van der Waals surface area contributed by atoms with E-state index in [9.17, 15) is 0 Å². The van der Waals surface area contributed by atoms with Crippen molar-refractivity contribution in [1.82, 2.24) is 4.90 Å². The van der Waals surface area contributed by atoms with Crippen LogP contribution in [-0.2, 0) is 6.54 Å². The van der Waals surface area contributed by atoms with Crippen molar-refractivity contribution in [3.8, 4) is 11.8 Å². The topological polar surface area (TPSA) is 23.5 Å². The Bertz CT molecular complexity index is 411. The van der Waals surface area contributed by atoms with Gasteiger partial charge in [0.1, 0.15) is 6.61 Å². The van der Waals surface area contributed by atoms with Crippen LogP contribution in [0.5, 0.6) is 0 Å². The third-order valence-electron chi connectivity index (χ3n) is 2.99. The molecule has 0 atom stereocenters. The van der Waals surface area contributed by atoms with Crippen LogP contribution in [0.4, 0.5) is 0 Å². The van der Waals surface area contributed by atoms with E-state index in [4.69, 9.17) is 5.11 Å². The summed E-state index contributed by atoms with van der Waals surface area (Å²) in [5, 5.41) is 8.65. The Labute approximate surface area is 107 Å². The lowest BCUT2D eigenvalue weighted by molar-refractivity contribution is 0.271. The standard InChI is InChI=1S/C14H19NOS/c1-2-15(10-12-5-6-12)11-14-8-7-13(17-14)4-3-9-16/h7-8,12,16H,2,5-6,9-11H2,1H3. The summed E-state index contributed by atoms with van der Waals surface area (Å²) in [6.45, 7) is 5.56. The van der Waals surface area contributed by atoms with Crippen molar-refractivity contribution < 1.29 is 5.11 Å². The molecule has 0 aliphatic heterocycles. The number of aliphatic hydroxyl groups is 1. The largest absolute Gasteiger partial charge is 0.384 e. The average molecular weight is 249 g/mol. The van der Waals surface area contributed by atoms with E-state index in [0.29, 0.717) is 0 Å². The first-order valence-corrected chi connectivity index (χ1v) is 7.04. The first kappa shape index (κ1) is 12.6. The number of aliphatic hydroxyl groups excluding tert-OH is 1. The molecule has 0 amide bonds. The summed E-state index contributed by atoms with van der Waals surface area (Å²) in [4.78, 5) is 4.93. The summed E-state index contributed by atoms with van der Waals surface area (Å²) in [5.41, 5.74) is 0. The summed E-state index contributed by atoms with van der Waals surface area (Å²) in [5.74, 6) is 6.60. The van der Waals surface area contributed by atoms with Crippen LogP contribution >= 0.6 is 11.3 Å². The van der Waals surface area contributed by atoms with Crippen molar-refractivity contribution in [3.05, 3.63) is 21.9 Å². The highest BCUT2D eigenvalue weighted by Crippen LogP contribution is 2.30. The Morgan fingerprint density at radius 3 is 2.94 bits per heavy atom. The molecule has 0 radical (unpaired) electrons. The van der Waals surface area contributed by atoms with Crippen molar-refractivity contribution in [2.45, 2.75) is 26.3 Å². The molecule has 0 aromatic carbocycles. The minimum atomic E-state index is -0.0595. The van der Waals surface area contributed by atoms with Gasteiger partial charge >= 0.3 is 0 Å². The summed E-state index contributed by atoms with van der Waals surface area (Å²) >= 11 is 1.74. The molecule has 1 fully saturated rings. The third-order valence-corrected chi connectivity index (χ3v) is 3.98. The van der Waals surface area contributed by atoms with Gasteiger partial charge in [0.15, 0.2) is 0 Å². The minimum Gasteiger partial charge on any atom is -0.384 e. The predicted molar refractivity (Wildman–Crippen MR) is 72.0 cm³/mol. The molecule has 0 spiro atoms. The number of thiophene rings is 1. The van der Waals surface area contributed by atoms with E-state index in [-0.39, 0.29) is 6.61 Å². The van der Waals surface area contributed by atoms with Crippen LogP contribution < -0.4 is 0 Å². The molecule has 0 unspecified atom stereocenters. The van der Waals surface area contributed by atoms with E-state index in [0.717, 1.165) is 23.9 Å². The molecule has 2 rings (SSSR count). The van der Waals surface area contributed by atoms with Gasteiger partial charge in [-0.3, -0.25) is 4.90 Å². The van der Waals surface area contributed by atoms with Gasteiger partial charge in [0.05, 0.1) is 4.88 Å². The highest BCUT2D eigenvalue weighted by atomic mass is 32.1. The summed E-state index contributed by atoms with van der Waals surface area (Å²) in [6.07, 6.45) is 2.82. The second-order valence-electron chi connectivity index (χ2n) is 4.50. The van der Waals surface area contributed by atoms with Crippen molar-refractivity contribution in [3.63, 3.8) is 0 Å². The molecule has 0 saturated heterocycles. The summed E-state index contributed by atoms with van der Waals surface area (Å²) < 4.78 is 0. The van der Waals surface area contributed by atoms with Gasteiger partial charge in [0.25, 0.3) is 0 Å². The van der Waals surface area contributed by atoms with Crippen LogP contribution in [0.1, 0.15) is 29.5 Å². The maximum Gasteiger partial charge on any atom is 0.104 e. The maximum absolute atomic E-state index is 8.65. The van der Waals surface area contributed by atoms with E-state index < -0.39 is 0 Å². The molecule has 1 N–H and O–H groups in total. The lowest BCUT2D eigenvalue weighted by atomic mass is 10.3. The number of nitrogens with zero attached hydrogens (tertiary/aromatic N) is 1.